The molecule has 0 bridgehead atoms. The summed E-state index contributed by atoms with van der Waals surface area (Å²) in [6.07, 6.45) is -1.08. The largest absolute Gasteiger partial charge is 0.493 e. The minimum absolute atomic E-state index is 0.144. The van der Waals surface area contributed by atoms with Crippen molar-refractivity contribution in [2.24, 2.45) is 0 Å². The fourth-order valence-corrected chi connectivity index (χ4v) is 3.00. The van der Waals surface area contributed by atoms with Gasteiger partial charge in [0.05, 0.1) is 30.7 Å². The van der Waals surface area contributed by atoms with Gasteiger partial charge in [0.1, 0.15) is 6.54 Å². The number of methoxy groups -OCH3 is 1. The minimum Gasteiger partial charge on any atom is -0.493 e. The Morgan fingerprint density at radius 1 is 1.17 bits per heavy atom. The number of amides is 2. The number of nitrogens with one attached hydrogen (secondary N) is 1. The average molecular weight is 398 g/mol. The van der Waals surface area contributed by atoms with Crippen molar-refractivity contribution >= 4 is 29.2 Å². The number of nitrogens with zero attached hydrogens (tertiary/aromatic N) is 1. The molecule has 0 saturated carbocycles. The van der Waals surface area contributed by atoms with E-state index in [4.69, 9.17) is 14.2 Å². The highest BCUT2D eigenvalue weighted by molar-refractivity contribution is 6.11. The Morgan fingerprint density at radius 3 is 2.66 bits per heavy atom. The second-order valence-electron chi connectivity index (χ2n) is 6.34. The summed E-state index contributed by atoms with van der Waals surface area (Å²) < 4.78 is 16.0. The quantitative estimate of drug-likeness (QED) is 0.752. The molecule has 0 aliphatic carbocycles. The van der Waals surface area contributed by atoms with Crippen LogP contribution >= 0.6 is 0 Å². The van der Waals surface area contributed by atoms with Crippen LogP contribution in [0.3, 0.4) is 0 Å². The molecular formula is C21H22N2O6. The lowest BCUT2D eigenvalue weighted by Gasteiger charge is -2.30. The number of hydrogen-bond donors (Lipinski definition) is 1. The Bertz CT molecular complexity index is 943. The highest BCUT2D eigenvalue weighted by Gasteiger charge is 2.31. The number of fused-ring (bicyclic) bond motifs is 1. The van der Waals surface area contributed by atoms with Gasteiger partial charge in [-0.25, -0.2) is 4.79 Å². The zero-order chi connectivity index (χ0) is 21.0. The van der Waals surface area contributed by atoms with Crippen LogP contribution < -0.4 is 19.7 Å². The molecule has 8 nitrogen and oxygen atoms in total. The first-order chi connectivity index (χ1) is 13.9. The highest BCUT2D eigenvalue weighted by Crippen LogP contribution is 2.30. The van der Waals surface area contributed by atoms with Crippen molar-refractivity contribution in [1.29, 1.82) is 0 Å². The fraction of sp³-hybridized carbons (Fsp3) is 0.286. The third-order valence-electron chi connectivity index (χ3n) is 4.37. The minimum atomic E-state index is -1.08. The van der Waals surface area contributed by atoms with Gasteiger partial charge in [0.15, 0.2) is 17.6 Å². The zero-order valence-electron chi connectivity index (χ0n) is 16.4. The molecule has 0 spiro atoms. The van der Waals surface area contributed by atoms with Crippen molar-refractivity contribution in [2.75, 3.05) is 30.5 Å². The molecule has 8 heteroatoms. The maximum atomic E-state index is 12.9. The molecule has 1 aliphatic heterocycles. The highest BCUT2D eigenvalue weighted by atomic mass is 16.5. The van der Waals surface area contributed by atoms with Crippen molar-refractivity contribution in [3.8, 4) is 11.5 Å². The number of carbonyl (C=O) groups is 3. The maximum absolute atomic E-state index is 12.9. The molecule has 0 saturated heterocycles. The van der Waals surface area contributed by atoms with Crippen LogP contribution in [0.5, 0.6) is 11.5 Å². The number of hydrogen-bond acceptors (Lipinski definition) is 6. The van der Waals surface area contributed by atoms with Gasteiger partial charge in [0, 0.05) is 0 Å². The summed E-state index contributed by atoms with van der Waals surface area (Å²) in [7, 11) is 1.47. The molecule has 0 unspecified atom stereocenters. The van der Waals surface area contributed by atoms with E-state index in [0.717, 1.165) is 0 Å². The first-order valence-corrected chi connectivity index (χ1v) is 9.16. The van der Waals surface area contributed by atoms with Crippen LogP contribution in [-0.2, 0) is 14.3 Å². The molecule has 1 N–H and O–H groups in total. The van der Waals surface area contributed by atoms with Gasteiger partial charge in [-0.1, -0.05) is 12.1 Å². The Balaban J connectivity index is 1.75. The summed E-state index contributed by atoms with van der Waals surface area (Å²) in [5.74, 6) is -0.583. The monoisotopic (exact) mass is 398 g/mol. The maximum Gasteiger partial charge on any atom is 0.339 e. The molecule has 0 aromatic heterocycles. The molecule has 3 rings (SSSR count). The van der Waals surface area contributed by atoms with Gasteiger partial charge in [-0.05, 0) is 44.2 Å². The van der Waals surface area contributed by atoms with Gasteiger partial charge in [0.2, 0.25) is 5.91 Å². The van der Waals surface area contributed by atoms with Crippen molar-refractivity contribution < 1.29 is 28.6 Å². The fourth-order valence-electron chi connectivity index (χ4n) is 3.00. The van der Waals surface area contributed by atoms with E-state index in [2.05, 4.69) is 5.32 Å². The van der Waals surface area contributed by atoms with E-state index in [1.807, 2.05) is 6.92 Å². The van der Waals surface area contributed by atoms with E-state index in [1.165, 1.54) is 31.1 Å². The summed E-state index contributed by atoms with van der Waals surface area (Å²) in [6, 6.07) is 11.6. The second kappa shape index (κ2) is 8.64. The molecular weight excluding hydrogens is 376 g/mol. The Labute approximate surface area is 168 Å². The smallest absolute Gasteiger partial charge is 0.339 e. The third-order valence-corrected chi connectivity index (χ3v) is 4.37. The summed E-state index contributed by atoms with van der Waals surface area (Å²) in [4.78, 5) is 38.6. The molecule has 0 radical (unpaired) electrons. The third kappa shape index (κ3) is 4.31. The van der Waals surface area contributed by atoms with Gasteiger partial charge in [0.25, 0.3) is 5.91 Å². The van der Waals surface area contributed by atoms with Crippen LogP contribution in [0.1, 0.15) is 24.2 Å². The molecule has 1 heterocycles. The lowest BCUT2D eigenvalue weighted by molar-refractivity contribution is -0.128. The van der Waals surface area contributed by atoms with E-state index in [0.29, 0.717) is 29.5 Å². The van der Waals surface area contributed by atoms with Crippen LogP contribution in [0.15, 0.2) is 42.5 Å². The number of rotatable bonds is 6. The number of ether oxygens (including phenoxy) is 3. The lowest BCUT2D eigenvalue weighted by atomic mass is 10.1. The number of anilines is 2. The zero-order valence-corrected chi connectivity index (χ0v) is 16.4. The average Bonchev–Trinajstić information content (AvgIpc) is 2.72. The van der Waals surface area contributed by atoms with Crippen molar-refractivity contribution in [1.82, 2.24) is 0 Å². The molecule has 29 heavy (non-hydrogen) atoms. The summed E-state index contributed by atoms with van der Waals surface area (Å²) in [5, 5.41) is 2.71. The summed E-state index contributed by atoms with van der Waals surface area (Å²) in [6.45, 7) is 3.63. The van der Waals surface area contributed by atoms with E-state index in [1.54, 1.807) is 30.3 Å². The predicted molar refractivity (Wildman–Crippen MR) is 106 cm³/mol. The molecule has 2 amide bonds. The van der Waals surface area contributed by atoms with Gasteiger partial charge < -0.3 is 19.5 Å². The van der Waals surface area contributed by atoms with Crippen LogP contribution in [0.4, 0.5) is 11.4 Å². The van der Waals surface area contributed by atoms with E-state index in [-0.39, 0.29) is 18.0 Å². The van der Waals surface area contributed by atoms with Crippen molar-refractivity contribution in [3.05, 3.63) is 48.0 Å². The lowest BCUT2D eigenvalue weighted by Crippen LogP contribution is -2.47. The second-order valence-corrected chi connectivity index (χ2v) is 6.34. The summed E-state index contributed by atoms with van der Waals surface area (Å²) in [5.41, 5.74) is 1.32. The van der Waals surface area contributed by atoms with Crippen LogP contribution in [0, 0.1) is 0 Å². The molecule has 0 fully saturated rings. The van der Waals surface area contributed by atoms with E-state index >= 15 is 0 Å². The number of carbonyl (C=O) groups excluding carboxylic acids is 3. The number of para-hydroxylation sites is 2. The van der Waals surface area contributed by atoms with Crippen LogP contribution in [-0.4, -0.2) is 44.1 Å². The normalized spacial score (nSPS) is 13.8. The Kier molecular flexibility index (Phi) is 6.01. The Hall–Kier alpha value is -3.55. The molecule has 1 atom stereocenters. The molecule has 1 aliphatic rings. The van der Waals surface area contributed by atoms with E-state index < -0.39 is 18.0 Å². The topological polar surface area (TPSA) is 94.2 Å². The van der Waals surface area contributed by atoms with Crippen molar-refractivity contribution in [2.45, 2.75) is 20.0 Å². The Morgan fingerprint density at radius 2 is 1.93 bits per heavy atom. The van der Waals surface area contributed by atoms with Crippen molar-refractivity contribution in [3.63, 3.8) is 0 Å². The first-order valence-electron chi connectivity index (χ1n) is 9.16. The number of esters is 1. The van der Waals surface area contributed by atoms with Gasteiger partial charge in [-0.15, -0.1) is 0 Å². The van der Waals surface area contributed by atoms with Gasteiger partial charge in [-0.2, -0.15) is 0 Å². The molecule has 152 valence electrons. The standard InChI is InChI=1S/C21H22N2O6/c1-4-28-17-10-9-14(11-18(17)27-3)21(26)29-13(2)20(25)23-12-19(24)22-15-7-5-6-8-16(15)23/h5-11,13H,4,12H2,1-3H3,(H,22,24)/t13-/m0/s1. The van der Waals surface area contributed by atoms with Gasteiger partial charge in [-0.3, -0.25) is 14.5 Å². The van der Waals surface area contributed by atoms with Crippen LogP contribution in [0.2, 0.25) is 0 Å². The molecule has 2 aromatic rings. The van der Waals surface area contributed by atoms with Gasteiger partial charge >= 0.3 is 5.97 Å². The predicted octanol–water partition coefficient (Wildman–Crippen LogP) is 2.62. The SMILES string of the molecule is CCOc1ccc(C(=O)O[C@@H](C)C(=O)N2CC(=O)Nc3ccccc32)cc1OC. The number of benzene rings is 2. The molecule has 2 aromatic carbocycles. The first kappa shape index (κ1) is 20.2. The summed E-state index contributed by atoms with van der Waals surface area (Å²) >= 11 is 0. The van der Waals surface area contributed by atoms with E-state index in [9.17, 15) is 14.4 Å². The van der Waals surface area contributed by atoms with Crippen LogP contribution in [0.25, 0.3) is 0 Å².